The molecule has 3 heteroatoms. The molecule has 2 N–H and O–H groups in total. The highest BCUT2D eigenvalue weighted by molar-refractivity contribution is 5.70. The first-order valence-corrected chi connectivity index (χ1v) is 5.78. The average molecular weight is 236 g/mol. The number of aliphatic carboxylic acids is 1. The molecule has 0 aliphatic carbocycles. The van der Waals surface area contributed by atoms with Gasteiger partial charge >= 0.3 is 5.97 Å². The molecule has 0 amide bonds. The Hall–Kier alpha value is -1.35. The molecule has 3 nitrogen and oxygen atoms in total. The van der Waals surface area contributed by atoms with Crippen molar-refractivity contribution in [1.82, 2.24) is 0 Å². The van der Waals surface area contributed by atoms with Gasteiger partial charge in [0.1, 0.15) is 0 Å². The molecule has 1 aromatic carbocycles. The molecule has 0 aliphatic heterocycles. The summed E-state index contributed by atoms with van der Waals surface area (Å²) in [5, 5.41) is 18.9. The van der Waals surface area contributed by atoms with Gasteiger partial charge in [0.15, 0.2) is 0 Å². The van der Waals surface area contributed by atoms with Crippen LogP contribution in [0.4, 0.5) is 0 Å². The summed E-state index contributed by atoms with van der Waals surface area (Å²) < 4.78 is 0. The summed E-state index contributed by atoms with van der Waals surface area (Å²) in [6, 6.07) is 7.82. The second-order valence-corrected chi connectivity index (χ2v) is 5.24. The van der Waals surface area contributed by atoms with Crippen LogP contribution >= 0.6 is 0 Å². The number of aryl methyl sites for hydroxylation is 1. The maximum absolute atomic E-state index is 11.2. The Labute approximate surface area is 102 Å². The molecule has 0 bridgehead atoms. The van der Waals surface area contributed by atoms with Crippen LogP contribution in [-0.2, 0) is 11.2 Å². The summed E-state index contributed by atoms with van der Waals surface area (Å²) >= 11 is 0. The molecule has 0 heterocycles. The third kappa shape index (κ3) is 5.00. The first-order valence-electron chi connectivity index (χ1n) is 5.78. The molecule has 1 aromatic rings. The molecular formula is C14H20O3. The molecule has 94 valence electrons. The topological polar surface area (TPSA) is 57.5 Å². The van der Waals surface area contributed by atoms with Crippen LogP contribution in [0.1, 0.15) is 31.4 Å². The van der Waals surface area contributed by atoms with Crippen molar-refractivity contribution in [1.29, 1.82) is 0 Å². The minimum Gasteiger partial charge on any atom is -0.481 e. The molecule has 0 radical (unpaired) electrons. The molecule has 0 saturated heterocycles. The fraction of sp³-hybridized carbons (Fsp3) is 0.500. The lowest BCUT2D eigenvalue weighted by Gasteiger charge is -2.22. The van der Waals surface area contributed by atoms with E-state index in [2.05, 4.69) is 0 Å². The predicted molar refractivity (Wildman–Crippen MR) is 66.9 cm³/mol. The van der Waals surface area contributed by atoms with Crippen LogP contribution < -0.4 is 0 Å². The van der Waals surface area contributed by atoms with Gasteiger partial charge in [-0.15, -0.1) is 0 Å². The standard InChI is InChI=1S/C14H20O3/c1-10-5-4-6-11(7-10)8-12(13(15)16)9-14(2,3)17/h4-7,12,17H,8-9H2,1-3H3,(H,15,16). The van der Waals surface area contributed by atoms with Crippen molar-refractivity contribution in [3.63, 3.8) is 0 Å². The Morgan fingerprint density at radius 2 is 2.06 bits per heavy atom. The fourth-order valence-electron chi connectivity index (χ4n) is 1.97. The van der Waals surface area contributed by atoms with Crippen molar-refractivity contribution >= 4 is 5.97 Å². The van der Waals surface area contributed by atoms with Gasteiger partial charge in [-0.25, -0.2) is 0 Å². The highest BCUT2D eigenvalue weighted by Crippen LogP contribution is 2.21. The Kier molecular flexibility index (Phi) is 4.29. The van der Waals surface area contributed by atoms with Gasteiger partial charge in [0.2, 0.25) is 0 Å². The van der Waals surface area contributed by atoms with Crippen molar-refractivity contribution in [3.8, 4) is 0 Å². The lowest BCUT2D eigenvalue weighted by atomic mass is 9.88. The molecule has 1 unspecified atom stereocenters. The van der Waals surface area contributed by atoms with E-state index < -0.39 is 17.5 Å². The summed E-state index contributed by atoms with van der Waals surface area (Å²) in [7, 11) is 0. The number of hydrogen-bond donors (Lipinski definition) is 2. The Balaban J connectivity index is 2.77. The molecule has 0 spiro atoms. The number of rotatable bonds is 5. The van der Waals surface area contributed by atoms with Gasteiger partial charge in [-0.1, -0.05) is 29.8 Å². The minimum absolute atomic E-state index is 0.260. The van der Waals surface area contributed by atoms with Crippen molar-refractivity contribution in [2.24, 2.45) is 5.92 Å². The van der Waals surface area contributed by atoms with Crippen LogP contribution in [0.25, 0.3) is 0 Å². The largest absolute Gasteiger partial charge is 0.481 e. The zero-order valence-electron chi connectivity index (χ0n) is 10.6. The Morgan fingerprint density at radius 1 is 1.41 bits per heavy atom. The van der Waals surface area contributed by atoms with Crippen molar-refractivity contribution < 1.29 is 15.0 Å². The zero-order chi connectivity index (χ0) is 13.1. The second kappa shape index (κ2) is 5.32. The van der Waals surface area contributed by atoms with Crippen LogP contribution in [0.15, 0.2) is 24.3 Å². The van der Waals surface area contributed by atoms with E-state index in [1.54, 1.807) is 13.8 Å². The summed E-state index contributed by atoms with van der Waals surface area (Å²) in [6.45, 7) is 5.26. The number of aliphatic hydroxyl groups is 1. The van der Waals surface area contributed by atoms with Gasteiger partial charge in [0.25, 0.3) is 0 Å². The molecule has 0 aromatic heterocycles. The van der Waals surface area contributed by atoms with Crippen LogP contribution in [0.2, 0.25) is 0 Å². The van der Waals surface area contributed by atoms with Gasteiger partial charge in [-0.05, 0) is 39.2 Å². The van der Waals surface area contributed by atoms with Crippen LogP contribution in [-0.4, -0.2) is 21.8 Å². The Bertz CT molecular complexity index is 391. The quantitative estimate of drug-likeness (QED) is 0.825. The summed E-state index contributed by atoms with van der Waals surface area (Å²) in [5.74, 6) is -1.40. The number of benzene rings is 1. The Morgan fingerprint density at radius 3 is 2.53 bits per heavy atom. The normalized spacial score (nSPS) is 13.4. The highest BCUT2D eigenvalue weighted by atomic mass is 16.4. The third-order valence-electron chi connectivity index (χ3n) is 2.66. The van der Waals surface area contributed by atoms with E-state index in [0.29, 0.717) is 6.42 Å². The monoisotopic (exact) mass is 236 g/mol. The fourth-order valence-corrected chi connectivity index (χ4v) is 1.97. The summed E-state index contributed by atoms with van der Waals surface area (Å²) in [4.78, 5) is 11.2. The molecule has 17 heavy (non-hydrogen) atoms. The summed E-state index contributed by atoms with van der Waals surface area (Å²) in [6.07, 6.45) is 0.720. The van der Waals surface area contributed by atoms with E-state index in [0.717, 1.165) is 11.1 Å². The van der Waals surface area contributed by atoms with Gasteiger partial charge in [-0.3, -0.25) is 4.79 Å². The lowest BCUT2D eigenvalue weighted by molar-refractivity contribution is -0.143. The number of carbonyl (C=O) groups is 1. The zero-order valence-corrected chi connectivity index (χ0v) is 10.6. The first-order chi connectivity index (χ1) is 7.78. The third-order valence-corrected chi connectivity index (χ3v) is 2.66. The predicted octanol–water partition coefficient (Wildman–Crippen LogP) is 2.40. The van der Waals surface area contributed by atoms with E-state index in [1.165, 1.54) is 0 Å². The molecule has 1 atom stereocenters. The molecular weight excluding hydrogens is 216 g/mol. The number of carboxylic acid groups (broad SMARTS) is 1. The van der Waals surface area contributed by atoms with E-state index in [4.69, 9.17) is 5.11 Å². The summed E-state index contributed by atoms with van der Waals surface area (Å²) in [5.41, 5.74) is 1.17. The van der Waals surface area contributed by atoms with Crippen molar-refractivity contribution in [2.75, 3.05) is 0 Å². The number of carboxylic acids is 1. The molecule has 0 aliphatic rings. The van der Waals surface area contributed by atoms with E-state index in [1.807, 2.05) is 31.2 Å². The van der Waals surface area contributed by atoms with E-state index in [-0.39, 0.29) is 6.42 Å². The molecule has 0 saturated carbocycles. The van der Waals surface area contributed by atoms with Crippen molar-refractivity contribution in [2.45, 2.75) is 39.2 Å². The first kappa shape index (κ1) is 13.7. The minimum atomic E-state index is -0.952. The smallest absolute Gasteiger partial charge is 0.306 e. The van der Waals surface area contributed by atoms with Crippen LogP contribution in [0.3, 0.4) is 0 Å². The van der Waals surface area contributed by atoms with Crippen LogP contribution in [0.5, 0.6) is 0 Å². The van der Waals surface area contributed by atoms with Crippen molar-refractivity contribution in [3.05, 3.63) is 35.4 Å². The number of hydrogen-bond acceptors (Lipinski definition) is 2. The van der Waals surface area contributed by atoms with Crippen LogP contribution in [0, 0.1) is 12.8 Å². The van der Waals surface area contributed by atoms with Gasteiger partial charge in [0, 0.05) is 0 Å². The molecule has 0 fully saturated rings. The van der Waals surface area contributed by atoms with Gasteiger partial charge < -0.3 is 10.2 Å². The molecule has 1 rings (SSSR count). The van der Waals surface area contributed by atoms with E-state index >= 15 is 0 Å². The SMILES string of the molecule is Cc1cccc(CC(CC(C)(C)O)C(=O)O)c1. The highest BCUT2D eigenvalue weighted by Gasteiger charge is 2.26. The van der Waals surface area contributed by atoms with E-state index in [9.17, 15) is 9.90 Å². The average Bonchev–Trinajstić information content (AvgIpc) is 2.14. The second-order valence-electron chi connectivity index (χ2n) is 5.24. The maximum Gasteiger partial charge on any atom is 0.306 e. The van der Waals surface area contributed by atoms with Gasteiger partial charge in [-0.2, -0.15) is 0 Å². The van der Waals surface area contributed by atoms with Gasteiger partial charge in [0.05, 0.1) is 11.5 Å². The lowest BCUT2D eigenvalue weighted by Crippen LogP contribution is -2.28. The maximum atomic E-state index is 11.2.